The third-order valence-corrected chi connectivity index (χ3v) is 3.01. The summed E-state index contributed by atoms with van der Waals surface area (Å²) in [6.45, 7) is 5.88. The zero-order valence-electron chi connectivity index (χ0n) is 10.4. The van der Waals surface area contributed by atoms with Gasteiger partial charge < -0.3 is 5.11 Å². The number of aromatic nitrogens is 1. The number of hydrogen-bond acceptors (Lipinski definition) is 2. The van der Waals surface area contributed by atoms with Crippen molar-refractivity contribution in [1.82, 2.24) is 4.98 Å². The van der Waals surface area contributed by atoms with E-state index in [1.807, 2.05) is 38.1 Å². The van der Waals surface area contributed by atoms with Gasteiger partial charge in [-0.1, -0.05) is 35.4 Å². The summed E-state index contributed by atoms with van der Waals surface area (Å²) in [5.74, 6) is 0. The van der Waals surface area contributed by atoms with E-state index in [9.17, 15) is 5.11 Å². The molecule has 0 spiro atoms. The van der Waals surface area contributed by atoms with Gasteiger partial charge in [0.2, 0.25) is 0 Å². The van der Waals surface area contributed by atoms with Crippen LogP contribution < -0.4 is 0 Å². The number of benzene rings is 1. The molecule has 0 saturated carbocycles. The average molecular weight is 227 g/mol. The zero-order chi connectivity index (χ0) is 12.5. The molecule has 2 heteroatoms. The van der Waals surface area contributed by atoms with Crippen LogP contribution in [0.3, 0.4) is 0 Å². The SMILES string of the molecule is Cc1cc(C)cc(C(C)(O)c2cccnc2)c1. The van der Waals surface area contributed by atoms with Crippen molar-refractivity contribution in [2.24, 2.45) is 0 Å². The van der Waals surface area contributed by atoms with Crippen LogP contribution >= 0.6 is 0 Å². The molecule has 1 aromatic carbocycles. The van der Waals surface area contributed by atoms with Crippen LogP contribution in [0.5, 0.6) is 0 Å². The van der Waals surface area contributed by atoms with Crippen LogP contribution in [0.2, 0.25) is 0 Å². The fourth-order valence-corrected chi connectivity index (χ4v) is 2.07. The second kappa shape index (κ2) is 4.30. The van der Waals surface area contributed by atoms with Gasteiger partial charge in [0, 0.05) is 18.0 Å². The van der Waals surface area contributed by atoms with Crippen LogP contribution in [0.4, 0.5) is 0 Å². The van der Waals surface area contributed by atoms with E-state index in [1.165, 1.54) is 0 Å². The Kier molecular flexibility index (Phi) is 2.99. The number of aryl methyl sites for hydroxylation is 2. The van der Waals surface area contributed by atoms with Crippen molar-refractivity contribution >= 4 is 0 Å². The monoisotopic (exact) mass is 227 g/mol. The quantitative estimate of drug-likeness (QED) is 0.855. The second-order valence-electron chi connectivity index (χ2n) is 4.69. The van der Waals surface area contributed by atoms with Gasteiger partial charge in [0.05, 0.1) is 0 Å². The molecule has 1 heterocycles. The highest BCUT2D eigenvalue weighted by molar-refractivity contribution is 5.38. The molecule has 2 aromatic rings. The van der Waals surface area contributed by atoms with E-state index in [2.05, 4.69) is 11.1 Å². The van der Waals surface area contributed by atoms with E-state index in [4.69, 9.17) is 0 Å². The Morgan fingerprint density at radius 2 is 1.71 bits per heavy atom. The van der Waals surface area contributed by atoms with Gasteiger partial charge >= 0.3 is 0 Å². The molecule has 88 valence electrons. The van der Waals surface area contributed by atoms with Crippen LogP contribution in [0.1, 0.15) is 29.2 Å². The van der Waals surface area contributed by atoms with E-state index >= 15 is 0 Å². The summed E-state index contributed by atoms with van der Waals surface area (Å²) in [6, 6.07) is 9.86. The maximum Gasteiger partial charge on any atom is 0.113 e. The topological polar surface area (TPSA) is 33.1 Å². The van der Waals surface area contributed by atoms with Crippen LogP contribution in [0.15, 0.2) is 42.7 Å². The predicted molar refractivity (Wildman–Crippen MR) is 68.8 cm³/mol. The first-order valence-electron chi connectivity index (χ1n) is 5.72. The fraction of sp³-hybridized carbons (Fsp3) is 0.267. The largest absolute Gasteiger partial charge is 0.381 e. The number of rotatable bonds is 2. The van der Waals surface area contributed by atoms with Gasteiger partial charge in [-0.15, -0.1) is 0 Å². The van der Waals surface area contributed by atoms with Gasteiger partial charge in [-0.2, -0.15) is 0 Å². The normalized spacial score (nSPS) is 14.4. The average Bonchev–Trinajstić information content (AvgIpc) is 2.29. The van der Waals surface area contributed by atoms with Crippen molar-refractivity contribution < 1.29 is 5.11 Å². The van der Waals surface area contributed by atoms with Gasteiger partial charge in [-0.05, 0) is 32.4 Å². The molecule has 0 aliphatic carbocycles. The lowest BCUT2D eigenvalue weighted by Crippen LogP contribution is -2.23. The Labute approximate surface area is 102 Å². The molecule has 17 heavy (non-hydrogen) atoms. The molecule has 1 N–H and O–H groups in total. The molecule has 2 rings (SSSR count). The lowest BCUT2D eigenvalue weighted by atomic mass is 9.87. The molecule has 1 aromatic heterocycles. The third-order valence-electron chi connectivity index (χ3n) is 3.01. The van der Waals surface area contributed by atoms with Gasteiger partial charge in [0.1, 0.15) is 5.60 Å². The Balaban J connectivity index is 2.51. The molecule has 0 bridgehead atoms. The molecule has 0 fully saturated rings. The molecule has 0 radical (unpaired) electrons. The van der Waals surface area contributed by atoms with Crippen molar-refractivity contribution in [3.05, 3.63) is 65.0 Å². The summed E-state index contributed by atoms with van der Waals surface area (Å²) in [6.07, 6.45) is 3.42. The number of aliphatic hydroxyl groups is 1. The Bertz CT molecular complexity index is 497. The Morgan fingerprint density at radius 1 is 1.06 bits per heavy atom. The molecule has 1 unspecified atom stereocenters. The van der Waals surface area contributed by atoms with E-state index in [1.54, 1.807) is 19.3 Å². The molecular weight excluding hydrogens is 210 g/mol. The third kappa shape index (κ3) is 2.37. The minimum absolute atomic E-state index is 0.810. The molecule has 0 saturated heterocycles. The maximum absolute atomic E-state index is 10.7. The summed E-state index contributed by atoms with van der Waals surface area (Å²) in [5, 5.41) is 10.7. The molecule has 0 amide bonds. The van der Waals surface area contributed by atoms with Crippen LogP contribution in [-0.2, 0) is 5.60 Å². The lowest BCUT2D eigenvalue weighted by Gasteiger charge is -2.25. The van der Waals surface area contributed by atoms with Crippen molar-refractivity contribution in [3.63, 3.8) is 0 Å². The highest BCUT2D eigenvalue weighted by atomic mass is 16.3. The molecular formula is C15H17NO. The molecule has 2 nitrogen and oxygen atoms in total. The van der Waals surface area contributed by atoms with Crippen molar-refractivity contribution in [3.8, 4) is 0 Å². The predicted octanol–water partition coefficient (Wildman–Crippen LogP) is 2.95. The van der Waals surface area contributed by atoms with Gasteiger partial charge in [0.25, 0.3) is 0 Å². The van der Waals surface area contributed by atoms with Crippen LogP contribution in [0.25, 0.3) is 0 Å². The summed E-state index contributed by atoms with van der Waals surface area (Å²) < 4.78 is 0. The smallest absolute Gasteiger partial charge is 0.113 e. The first-order valence-corrected chi connectivity index (χ1v) is 5.72. The van der Waals surface area contributed by atoms with Gasteiger partial charge in [-0.25, -0.2) is 0 Å². The van der Waals surface area contributed by atoms with E-state index in [0.717, 1.165) is 22.3 Å². The van der Waals surface area contributed by atoms with E-state index in [0.29, 0.717) is 0 Å². The van der Waals surface area contributed by atoms with Crippen molar-refractivity contribution in [2.45, 2.75) is 26.4 Å². The maximum atomic E-state index is 10.7. The van der Waals surface area contributed by atoms with Crippen molar-refractivity contribution in [1.29, 1.82) is 0 Å². The van der Waals surface area contributed by atoms with Crippen molar-refractivity contribution in [2.75, 3.05) is 0 Å². The Morgan fingerprint density at radius 3 is 2.24 bits per heavy atom. The molecule has 0 aliphatic rings. The molecule has 1 atom stereocenters. The minimum Gasteiger partial charge on any atom is -0.381 e. The number of pyridine rings is 1. The lowest BCUT2D eigenvalue weighted by molar-refractivity contribution is 0.102. The van der Waals surface area contributed by atoms with Crippen LogP contribution in [-0.4, -0.2) is 10.1 Å². The highest BCUT2D eigenvalue weighted by Crippen LogP contribution is 2.29. The standard InChI is InChI=1S/C15H17NO/c1-11-7-12(2)9-14(8-11)15(3,17)13-5-4-6-16-10-13/h4-10,17H,1-3H3. The van der Waals surface area contributed by atoms with Gasteiger partial charge in [0.15, 0.2) is 0 Å². The summed E-state index contributed by atoms with van der Waals surface area (Å²) in [4.78, 5) is 4.06. The van der Waals surface area contributed by atoms with Gasteiger partial charge in [-0.3, -0.25) is 4.98 Å². The first kappa shape index (κ1) is 11.8. The fourth-order valence-electron chi connectivity index (χ4n) is 2.07. The van der Waals surface area contributed by atoms with Crippen LogP contribution in [0, 0.1) is 13.8 Å². The molecule has 0 aliphatic heterocycles. The Hall–Kier alpha value is -1.67. The van der Waals surface area contributed by atoms with E-state index in [-0.39, 0.29) is 0 Å². The minimum atomic E-state index is -0.995. The van der Waals surface area contributed by atoms with E-state index < -0.39 is 5.60 Å². The summed E-state index contributed by atoms with van der Waals surface area (Å²) in [7, 11) is 0. The zero-order valence-corrected chi connectivity index (χ0v) is 10.4. The highest BCUT2D eigenvalue weighted by Gasteiger charge is 2.25. The summed E-state index contributed by atoms with van der Waals surface area (Å²) in [5.41, 5.74) is 3.03. The number of hydrogen-bond donors (Lipinski definition) is 1. The summed E-state index contributed by atoms with van der Waals surface area (Å²) >= 11 is 0. The second-order valence-corrected chi connectivity index (χ2v) is 4.69. The number of nitrogens with zero attached hydrogens (tertiary/aromatic N) is 1. The first-order chi connectivity index (χ1) is 8.00.